The van der Waals surface area contributed by atoms with Crippen LogP contribution in [0.1, 0.15) is 23.6 Å². The average molecular weight is 367 g/mol. The maximum atomic E-state index is 11.9. The van der Waals surface area contributed by atoms with E-state index in [0.29, 0.717) is 18.4 Å². The number of aryl methyl sites for hydroxylation is 1. The number of rotatable bonds is 7. The number of benzene rings is 2. The minimum absolute atomic E-state index is 0.0461. The number of carbonyl (C=O) groups is 1. The topological polar surface area (TPSA) is 99.8 Å². The molecule has 0 unspecified atom stereocenters. The van der Waals surface area contributed by atoms with Gasteiger partial charge in [0.25, 0.3) is 0 Å². The Morgan fingerprint density at radius 2 is 1.93 bits per heavy atom. The monoisotopic (exact) mass is 367 g/mol. The highest BCUT2D eigenvalue weighted by atomic mass is 16.4. The van der Waals surface area contributed by atoms with Gasteiger partial charge >= 0.3 is 11.6 Å². The molecule has 1 heterocycles. The van der Waals surface area contributed by atoms with E-state index < -0.39 is 17.6 Å². The molecule has 0 aliphatic carbocycles. The van der Waals surface area contributed by atoms with Gasteiger partial charge in [-0.3, -0.25) is 10.1 Å². The number of carboxylic acids is 1. The van der Waals surface area contributed by atoms with Crippen LogP contribution in [0.4, 0.5) is 0 Å². The Hall–Kier alpha value is -3.12. The number of phenols is 1. The maximum absolute atomic E-state index is 11.9. The molecule has 0 fully saturated rings. The van der Waals surface area contributed by atoms with Crippen molar-refractivity contribution in [3.05, 3.63) is 75.6 Å². The van der Waals surface area contributed by atoms with Crippen LogP contribution >= 0.6 is 0 Å². The van der Waals surface area contributed by atoms with Crippen LogP contribution in [0.25, 0.3) is 11.0 Å². The fourth-order valence-corrected chi connectivity index (χ4v) is 3.12. The highest BCUT2D eigenvalue weighted by Crippen LogP contribution is 2.28. The van der Waals surface area contributed by atoms with Crippen LogP contribution in [0, 0.1) is 0 Å². The molecule has 140 valence electrons. The van der Waals surface area contributed by atoms with Crippen molar-refractivity contribution in [3.63, 3.8) is 0 Å². The van der Waals surface area contributed by atoms with Crippen LogP contribution in [-0.2, 0) is 24.2 Å². The van der Waals surface area contributed by atoms with Crippen molar-refractivity contribution < 1.29 is 19.4 Å². The zero-order valence-electron chi connectivity index (χ0n) is 14.9. The molecule has 27 heavy (non-hydrogen) atoms. The van der Waals surface area contributed by atoms with E-state index in [2.05, 4.69) is 5.32 Å². The minimum atomic E-state index is -0.991. The van der Waals surface area contributed by atoms with Crippen molar-refractivity contribution in [3.8, 4) is 5.75 Å². The third kappa shape index (κ3) is 4.17. The number of aliphatic carboxylic acids is 1. The molecule has 6 heteroatoms. The van der Waals surface area contributed by atoms with Gasteiger partial charge in [0, 0.05) is 18.0 Å². The summed E-state index contributed by atoms with van der Waals surface area (Å²) in [7, 11) is 0. The summed E-state index contributed by atoms with van der Waals surface area (Å²) in [4.78, 5) is 23.5. The van der Waals surface area contributed by atoms with Gasteiger partial charge in [-0.25, -0.2) is 4.79 Å². The Morgan fingerprint density at radius 1 is 1.19 bits per heavy atom. The van der Waals surface area contributed by atoms with E-state index in [1.807, 2.05) is 37.3 Å². The number of aromatic hydroxyl groups is 1. The second-order valence-corrected chi connectivity index (χ2v) is 6.35. The van der Waals surface area contributed by atoms with Gasteiger partial charge in [0.15, 0.2) is 0 Å². The summed E-state index contributed by atoms with van der Waals surface area (Å²) >= 11 is 0. The second-order valence-electron chi connectivity index (χ2n) is 6.35. The molecule has 3 aromatic rings. The molecule has 3 rings (SSSR count). The highest BCUT2D eigenvalue weighted by Gasteiger charge is 2.20. The average Bonchev–Trinajstić information content (AvgIpc) is 2.66. The fraction of sp³-hybridized carbons (Fsp3) is 0.238. The zero-order chi connectivity index (χ0) is 19.4. The summed E-state index contributed by atoms with van der Waals surface area (Å²) in [6.07, 6.45) is 0.942. The first kappa shape index (κ1) is 18.7. The van der Waals surface area contributed by atoms with E-state index in [0.717, 1.165) is 16.5 Å². The van der Waals surface area contributed by atoms with Gasteiger partial charge in [-0.2, -0.15) is 0 Å². The molecule has 0 aliphatic rings. The lowest BCUT2D eigenvalue weighted by atomic mass is 10.0. The first-order valence-corrected chi connectivity index (χ1v) is 8.77. The summed E-state index contributed by atoms with van der Waals surface area (Å²) in [6, 6.07) is 13.1. The summed E-state index contributed by atoms with van der Waals surface area (Å²) in [6.45, 7) is 1.99. The Morgan fingerprint density at radius 3 is 2.59 bits per heavy atom. The first-order chi connectivity index (χ1) is 13.0. The molecule has 6 nitrogen and oxygen atoms in total. The van der Waals surface area contributed by atoms with Crippen LogP contribution in [-0.4, -0.2) is 22.2 Å². The van der Waals surface area contributed by atoms with Crippen molar-refractivity contribution in [2.24, 2.45) is 0 Å². The Labute approximate surface area is 156 Å². The number of nitrogens with one attached hydrogen (secondary N) is 1. The standard InChI is InChI=1S/C21H21NO5/c1-2-14-11-19(24)27-20-15(14)8-9-18(23)16(20)12-22-17(21(25)26)10-13-6-4-3-5-7-13/h3-9,11,17,22-23H,2,10,12H2,1H3,(H,25,26)/t17-/m1/s1. The van der Waals surface area contributed by atoms with Crippen molar-refractivity contribution in [1.29, 1.82) is 0 Å². The van der Waals surface area contributed by atoms with Crippen molar-refractivity contribution in [2.45, 2.75) is 32.4 Å². The largest absolute Gasteiger partial charge is 0.507 e. The number of phenolic OH excluding ortho intramolecular Hbond substituents is 1. The van der Waals surface area contributed by atoms with Crippen LogP contribution < -0.4 is 10.9 Å². The van der Waals surface area contributed by atoms with Crippen LogP contribution in [0.15, 0.2) is 57.7 Å². The molecule has 0 aliphatic heterocycles. The Balaban J connectivity index is 1.91. The van der Waals surface area contributed by atoms with Crippen molar-refractivity contribution >= 4 is 16.9 Å². The quantitative estimate of drug-likeness (QED) is 0.555. The van der Waals surface area contributed by atoms with E-state index in [4.69, 9.17) is 4.42 Å². The van der Waals surface area contributed by atoms with Gasteiger partial charge in [0.05, 0.1) is 5.56 Å². The smallest absolute Gasteiger partial charge is 0.336 e. The lowest BCUT2D eigenvalue weighted by Crippen LogP contribution is -2.38. The molecule has 0 bridgehead atoms. The fourth-order valence-electron chi connectivity index (χ4n) is 3.12. The number of hydrogen-bond acceptors (Lipinski definition) is 5. The Bertz CT molecular complexity index is 1010. The molecular formula is C21H21NO5. The van der Waals surface area contributed by atoms with Crippen molar-refractivity contribution in [2.75, 3.05) is 0 Å². The summed E-state index contributed by atoms with van der Waals surface area (Å²) in [5.41, 5.74) is 1.88. The second kappa shape index (κ2) is 8.05. The van der Waals surface area contributed by atoms with E-state index >= 15 is 0 Å². The predicted molar refractivity (Wildman–Crippen MR) is 102 cm³/mol. The molecule has 0 radical (unpaired) electrons. The van der Waals surface area contributed by atoms with Gasteiger partial charge in [-0.05, 0) is 36.1 Å². The van der Waals surface area contributed by atoms with E-state index in [1.165, 1.54) is 12.1 Å². The molecule has 1 aromatic heterocycles. The van der Waals surface area contributed by atoms with Crippen LogP contribution in [0.3, 0.4) is 0 Å². The van der Waals surface area contributed by atoms with E-state index in [9.17, 15) is 19.8 Å². The summed E-state index contributed by atoms with van der Waals surface area (Å²) in [5, 5.41) is 23.5. The molecule has 0 amide bonds. The van der Waals surface area contributed by atoms with Crippen molar-refractivity contribution in [1.82, 2.24) is 5.32 Å². The molecule has 2 aromatic carbocycles. The summed E-state index contributed by atoms with van der Waals surface area (Å²) in [5.74, 6) is -1.04. The zero-order valence-corrected chi connectivity index (χ0v) is 14.9. The highest BCUT2D eigenvalue weighted by molar-refractivity contribution is 5.85. The lowest BCUT2D eigenvalue weighted by molar-refractivity contribution is -0.139. The molecule has 0 saturated heterocycles. The third-order valence-corrected chi connectivity index (χ3v) is 4.56. The minimum Gasteiger partial charge on any atom is -0.507 e. The predicted octanol–water partition coefficient (Wildman–Crippen LogP) is 2.85. The Kier molecular flexibility index (Phi) is 5.57. The van der Waals surface area contributed by atoms with Gasteiger partial charge in [-0.15, -0.1) is 0 Å². The summed E-state index contributed by atoms with van der Waals surface area (Å²) < 4.78 is 5.32. The molecule has 3 N–H and O–H groups in total. The lowest BCUT2D eigenvalue weighted by Gasteiger charge is -2.16. The SMILES string of the molecule is CCc1cc(=O)oc2c(CN[C@H](Cc3ccccc3)C(=O)O)c(O)ccc12. The van der Waals surface area contributed by atoms with Gasteiger partial charge in [0.1, 0.15) is 17.4 Å². The molecule has 0 spiro atoms. The van der Waals surface area contributed by atoms with Gasteiger partial charge in [-0.1, -0.05) is 37.3 Å². The first-order valence-electron chi connectivity index (χ1n) is 8.77. The third-order valence-electron chi connectivity index (χ3n) is 4.56. The number of carboxylic acid groups (broad SMARTS) is 1. The normalized spacial score (nSPS) is 12.2. The number of fused-ring (bicyclic) bond motifs is 1. The molecule has 0 saturated carbocycles. The molecular weight excluding hydrogens is 346 g/mol. The van der Waals surface area contributed by atoms with Crippen LogP contribution in [0.5, 0.6) is 5.75 Å². The number of hydrogen-bond donors (Lipinski definition) is 3. The molecule has 1 atom stereocenters. The van der Waals surface area contributed by atoms with Crippen LogP contribution in [0.2, 0.25) is 0 Å². The van der Waals surface area contributed by atoms with Gasteiger partial charge < -0.3 is 14.6 Å². The van der Waals surface area contributed by atoms with Gasteiger partial charge in [0.2, 0.25) is 0 Å². The maximum Gasteiger partial charge on any atom is 0.336 e. The van der Waals surface area contributed by atoms with E-state index in [-0.39, 0.29) is 17.9 Å². The van der Waals surface area contributed by atoms with E-state index in [1.54, 1.807) is 6.07 Å².